The van der Waals surface area contributed by atoms with Gasteiger partial charge < -0.3 is 0 Å². The van der Waals surface area contributed by atoms with Crippen LogP contribution in [0.3, 0.4) is 0 Å². The van der Waals surface area contributed by atoms with Crippen LogP contribution in [0.15, 0.2) is 42.6 Å². The van der Waals surface area contributed by atoms with Crippen molar-refractivity contribution in [3.63, 3.8) is 0 Å². The van der Waals surface area contributed by atoms with Gasteiger partial charge in [-0.2, -0.15) is 0 Å². The van der Waals surface area contributed by atoms with Crippen molar-refractivity contribution in [3.8, 4) is 0 Å². The van der Waals surface area contributed by atoms with E-state index in [0.29, 0.717) is 4.83 Å². The molecule has 0 N–H and O–H groups in total. The van der Waals surface area contributed by atoms with Crippen molar-refractivity contribution in [2.75, 3.05) is 0 Å². The monoisotopic (exact) mass is 289 g/mol. The van der Waals surface area contributed by atoms with Crippen LogP contribution in [0.2, 0.25) is 0 Å². The van der Waals surface area contributed by atoms with Crippen molar-refractivity contribution in [1.29, 1.82) is 0 Å². The summed E-state index contributed by atoms with van der Waals surface area (Å²) in [5.74, 6) is 0. The van der Waals surface area contributed by atoms with Crippen LogP contribution in [0.25, 0.3) is 0 Å². The van der Waals surface area contributed by atoms with Crippen molar-refractivity contribution >= 4 is 15.9 Å². The van der Waals surface area contributed by atoms with E-state index in [1.807, 2.05) is 18.3 Å². The first-order valence-corrected chi connectivity index (χ1v) is 6.69. The smallest absolute Gasteiger partial charge is 0.0453 e. The molecule has 1 aromatic heterocycles. The quantitative estimate of drug-likeness (QED) is 0.765. The number of halogens is 1. The predicted molar refractivity (Wildman–Crippen MR) is 75.5 cm³/mol. The molecule has 1 aromatic carbocycles. The zero-order valence-corrected chi connectivity index (χ0v) is 11.7. The maximum atomic E-state index is 4.36. The molecule has 0 aliphatic rings. The SMILES string of the molecule is Cc1ccc(C(Br)Cc2ccccn2)c(C)c1. The van der Waals surface area contributed by atoms with Crippen LogP contribution in [0.5, 0.6) is 0 Å². The van der Waals surface area contributed by atoms with E-state index in [1.54, 1.807) is 0 Å². The normalized spacial score (nSPS) is 12.4. The van der Waals surface area contributed by atoms with Gasteiger partial charge in [-0.1, -0.05) is 45.8 Å². The summed E-state index contributed by atoms with van der Waals surface area (Å²) in [6.07, 6.45) is 2.77. The van der Waals surface area contributed by atoms with Gasteiger partial charge in [-0.3, -0.25) is 4.98 Å². The number of rotatable bonds is 3. The average molecular weight is 290 g/mol. The Balaban J connectivity index is 2.17. The van der Waals surface area contributed by atoms with Gasteiger partial charge in [0, 0.05) is 23.1 Å². The van der Waals surface area contributed by atoms with Gasteiger partial charge in [-0.05, 0) is 37.1 Å². The molecule has 0 saturated heterocycles. The zero-order valence-electron chi connectivity index (χ0n) is 10.2. The second-order valence-electron chi connectivity index (χ2n) is 4.35. The van der Waals surface area contributed by atoms with E-state index in [2.05, 4.69) is 59.0 Å². The summed E-state index contributed by atoms with van der Waals surface area (Å²) >= 11 is 3.76. The highest BCUT2D eigenvalue weighted by Crippen LogP contribution is 2.29. The fourth-order valence-corrected chi connectivity index (χ4v) is 2.83. The largest absolute Gasteiger partial charge is 0.261 e. The highest BCUT2D eigenvalue weighted by atomic mass is 79.9. The minimum absolute atomic E-state index is 0.331. The molecular weight excluding hydrogens is 274 g/mol. The minimum Gasteiger partial charge on any atom is -0.261 e. The summed E-state index contributed by atoms with van der Waals surface area (Å²) in [7, 11) is 0. The number of alkyl halides is 1. The zero-order chi connectivity index (χ0) is 12.3. The molecule has 0 spiro atoms. The molecule has 0 bridgehead atoms. The predicted octanol–water partition coefficient (Wildman–Crippen LogP) is 4.38. The Bertz CT molecular complexity index is 494. The number of hydrogen-bond donors (Lipinski definition) is 0. The Morgan fingerprint density at radius 2 is 2.00 bits per heavy atom. The molecule has 2 aromatic rings. The molecule has 1 heterocycles. The van der Waals surface area contributed by atoms with E-state index in [0.717, 1.165) is 12.1 Å². The Labute approximate surface area is 111 Å². The minimum atomic E-state index is 0.331. The lowest BCUT2D eigenvalue weighted by Crippen LogP contribution is -1.99. The van der Waals surface area contributed by atoms with Crippen LogP contribution in [0.1, 0.15) is 27.2 Å². The molecule has 0 aliphatic heterocycles. The van der Waals surface area contributed by atoms with Crippen molar-refractivity contribution in [3.05, 3.63) is 65.0 Å². The molecule has 0 aliphatic carbocycles. The Morgan fingerprint density at radius 3 is 2.65 bits per heavy atom. The summed E-state index contributed by atoms with van der Waals surface area (Å²) in [6, 6.07) is 12.6. The first-order chi connectivity index (χ1) is 8.16. The number of nitrogens with zero attached hydrogens (tertiary/aromatic N) is 1. The van der Waals surface area contributed by atoms with Gasteiger partial charge >= 0.3 is 0 Å². The maximum Gasteiger partial charge on any atom is 0.0453 e. The van der Waals surface area contributed by atoms with Gasteiger partial charge in [0.15, 0.2) is 0 Å². The molecule has 1 unspecified atom stereocenters. The standard InChI is InChI=1S/C15H16BrN/c1-11-6-7-14(12(2)9-11)15(16)10-13-5-3-4-8-17-13/h3-9,15H,10H2,1-2H3. The second kappa shape index (κ2) is 5.46. The van der Waals surface area contributed by atoms with E-state index in [9.17, 15) is 0 Å². The lowest BCUT2D eigenvalue weighted by Gasteiger charge is -2.13. The average Bonchev–Trinajstić information content (AvgIpc) is 2.30. The van der Waals surface area contributed by atoms with Gasteiger partial charge in [0.25, 0.3) is 0 Å². The van der Waals surface area contributed by atoms with Gasteiger partial charge in [0.05, 0.1) is 0 Å². The number of pyridine rings is 1. The van der Waals surface area contributed by atoms with Crippen LogP contribution >= 0.6 is 15.9 Å². The molecule has 2 heteroatoms. The first-order valence-electron chi connectivity index (χ1n) is 5.78. The molecule has 2 rings (SSSR count). The molecule has 0 saturated carbocycles. The Hall–Kier alpha value is -1.15. The molecule has 88 valence electrons. The molecule has 0 amide bonds. The Morgan fingerprint density at radius 1 is 1.18 bits per heavy atom. The van der Waals surface area contributed by atoms with Crippen molar-refractivity contribution in [1.82, 2.24) is 4.98 Å². The van der Waals surface area contributed by atoms with Gasteiger partial charge in [0.2, 0.25) is 0 Å². The third-order valence-corrected chi connectivity index (χ3v) is 3.69. The number of benzene rings is 1. The van der Waals surface area contributed by atoms with Crippen LogP contribution in [0.4, 0.5) is 0 Å². The number of hydrogen-bond acceptors (Lipinski definition) is 1. The lowest BCUT2D eigenvalue weighted by molar-refractivity contribution is 0.896. The lowest BCUT2D eigenvalue weighted by atomic mass is 10.0. The highest BCUT2D eigenvalue weighted by molar-refractivity contribution is 9.09. The fourth-order valence-electron chi connectivity index (χ4n) is 1.99. The van der Waals surface area contributed by atoms with Crippen LogP contribution in [-0.2, 0) is 6.42 Å². The topological polar surface area (TPSA) is 12.9 Å². The van der Waals surface area contributed by atoms with E-state index in [-0.39, 0.29) is 0 Å². The van der Waals surface area contributed by atoms with E-state index in [4.69, 9.17) is 0 Å². The summed E-state index contributed by atoms with van der Waals surface area (Å²) in [5, 5.41) is 0. The molecule has 0 radical (unpaired) electrons. The second-order valence-corrected chi connectivity index (χ2v) is 5.46. The van der Waals surface area contributed by atoms with Crippen molar-refractivity contribution in [2.45, 2.75) is 25.1 Å². The summed E-state index contributed by atoms with van der Waals surface area (Å²) < 4.78 is 0. The third-order valence-electron chi connectivity index (χ3n) is 2.88. The maximum absolute atomic E-state index is 4.36. The van der Waals surface area contributed by atoms with Crippen molar-refractivity contribution < 1.29 is 0 Å². The Kier molecular flexibility index (Phi) is 3.95. The highest BCUT2D eigenvalue weighted by Gasteiger charge is 2.11. The molecule has 0 fully saturated rings. The third kappa shape index (κ3) is 3.16. The molecular formula is C15H16BrN. The van der Waals surface area contributed by atoms with Crippen LogP contribution < -0.4 is 0 Å². The summed E-state index contributed by atoms with van der Waals surface area (Å²) in [4.78, 5) is 4.69. The van der Waals surface area contributed by atoms with E-state index >= 15 is 0 Å². The summed E-state index contributed by atoms with van der Waals surface area (Å²) in [6.45, 7) is 4.29. The van der Waals surface area contributed by atoms with E-state index in [1.165, 1.54) is 16.7 Å². The molecule has 1 nitrogen and oxygen atoms in total. The van der Waals surface area contributed by atoms with Gasteiger partial charge in [-0.25, -0.2) is 0 Å². The van der Waals surface area contributed by atoms with Crippen molar-refractivity contribution in [2.24, 2.45) is 0 Å². The number of aryl methyl sites for hydroxylation is 2. The first kappa shape index (κ1) is 12.3. The molecule has 1 atom stereocenters. The van der Waals surface area contributed by atoms with Gasteiger partial charge in [-0.15, -0.1) is 0 Å². The number of aromatic nitrogens is 1. The van der Waals surface area contributed by atoms with Crippen LogP contribution in [-0.4, -0.2) is 4.98 Å². The van der Waals surface area contributed by atoms with Gasteiger partial charge in [0.1, 0.15) is 0 Å². The van der Waals surface area contributed by atoms with E-state index < -0.39 is 0 Å². The van der Waals surface area contributed by atoms with Crippen LogP contribution in [0, 0.1) is 13.8 Å². The molecule has 17 heavy (non-hydrogen) atoms. The summed E-state index contributed by atoms with van der Waals surface area (Å²) in [5.41, 5.74) is 5.11. The fraction of sp³-hybridized carbons (Fsp3) is 0.267.